The molecule has 0 radical (unpaired) electrons. The van der Waals surface area contributed by atoms with E-state index in [9.17, 15) is 8.78 Å². The molecule has 1 saturated heterocycles. The van der Waals surface area contributed by atoms with Crippen molar-refractivity contribution in [3.05, 3.63) is 29.3 Å². The third-order valence-corrected chi connectivity index (χ3v) is 2.80. The maximum Gasteiger partial charge on any atom is 0.150 e. The van der Waals surface area contributed by atoms with E-state index in [1.165, 1.54) is 0 Å². The SMILES string of the molecule is CC1COCCN1c1c(F)cc(C#N)cc1F. The normalized spacial score (nSPS) is 20.1. The van der Waals surface area contributed by atoms with Crippen molar-refractivity contribution < 1.29 is 13.5 Å². The fraction of sp³-hybridized carbons (Fsp3) is 0.417. The van der Waals surface area contributed by atoms with Crippen LogP contribution in [0.25, 0.3) is 0 Å². The van der Waals surface area contributed by atoms with Crippen molar-refractivity contribution in [2.45, 2.75) is 13.0 Å². The minimum absolute atomic E-state index is 0.00957. The molecule has 17 heavy (non-hydrogen) atoms. The summed E-state index contributed by atoms with van der Waals surface area (Å²) in [4.78, 5) is 1.63. The number of hydrogen-bond donors (Lipinski definition) is 0. The molecule has 1 heterocycles. The van der Waals surface area contributed by atoms with Gasteiger partial charge in [-0.3, -0.25) is 0 Å². The van der Waals surface area contributed by atoms with Crippen LogP contribution in [0.5, 0.6) is 0 Å². The first-order chi connectivity index (χ1) is 8.13. The zero-order valence-electron chi connectivity index (χ0n) is 9.41. The van der Waals surface area contributed by atoms with Gasteiger partial charge in [0.1, 0.15) is 5.69 Å². The lowest BCUT2D eigenvalue weighted by atomic mass is 10.1. The zero-order valence-corrected chi connectivity index (χ0v) is 9.41. The molecule has 1 atom stereocenters. The highest BCUT2D eigenvalue weighted by Crippen LogP contribution is 2.27. The van der Waals surface area contributed by atoms with E-state index >= 15 is 0 Å². The van der Waals surface area contributed by atoms with Gasteiger partial charge in [-0.05, 0) is 19.1 Å². The number of hydrogen-bond acceptors (Lipinski definition) is 3. The molecule has 1 fully saturated rings. The summed E-state index contributed by atoms with van der Waals surface area (Å²) in [5, 5.41) is 8.62. The van der Waals surface area contributed by atoms with Crippen LogP contribution < -0.4 is 4.90 Å². The summed E-state index contributed by atoms with van der Waals surface area (Å²) in [6.45, 7) is 3.18. The smallest absolute Gasteiger partial charge is 0.150 e. The van der Waals surface area contributed by atoms with Crippen molar-refractivity contribution in [1.29, 1.82) is 5.26 Å². The fourth-order valence-corrected chi connectivity index (χ4v) is 1.96. The minimum atomic E-state index is -0.699. The topological polar surface area (TPSA) is 36.3 Å². The van der Waals surface area contributed by atoms with E-state index in [0.717, 1.165) is 12.1 Å². The molecule has 1 unspecified atom stereocenters. The highest BCUT2D eigenvalue weighted by molar-refractivity contribution is 5.53. The summed E-state index contributed by atoms with van der Waals surface area (Å²) >= 11 is 0. The Morgan fingerprint density at radius 1 is 1.41 bits per heavy atom. The van der Waals surface area contributed by atoms with Gasteiger partial charge in [0.05, 0.1) is 24.8 Å². The molecule has 0 bridgehead atoms. The van der Waals surface area contributed by atoms with Crippen LogP contribution in [-0.4, -0.2) is 25.8 Å². The third kappa shape index (κ3) is 2.22. The molecule has 1 aromatic rings. The monoisotopic (exact) mass is 238 g/mol. The fourth-order valence-electron chi connectivity index (χ4n) is 1.96. The predicted octanol–water partition coefficient (Wildman–Crippen LogP) is 2.06. The summed E-state index contributed by atoms with van der Waals surface area (Å²) in [6, 6.07) is 3.76. The van der Waals surface area contributed by atoms with Gasteiger partial charge in [0.15, 0.2) is 11.6 Å². The Kier molecular flexibility index (Phi) is 3.25. The lowest BCUT2D eigenvalue weighted by molar-refractivity contribution is 0.0982. The van der Waals surface area contributed by atoms with Gasteiger partial charge >= 0.3 is 0 Å². The van der Waals surface area contributed by atoms with Gasteiger partial charge in [-0.1, -0.05) is 0 Å². The first-order valence-corrected chi connectivity index (χ1v) is 5.37. The van der Waals surface area contributed by atoms with Crippen LogP contribution in [0.1, 0.15) is 12.5 Å². The Morgan fingerprint density at radius 3 is 2.59 bits per heavy atom. The van der Waals surface area contributed by atoms with Crippen LogP contribution in [0, 0.1) is 23.0 Å². The van der Waals surface area contributed by atoms with Crippen LogP contribution in [0.2, 0.25) is 0 Å². The van der Waals surface area contributed by atoms with Crippen molar-refractivity contribution in [3.8, 4) is 6.07 Å². The van der Waals surface area contributed by atoms with Crippen molar-refractivity contribution in [1.82, 2.24) is 0 Å². The number of rotatable bonds is 1. The number of anilines is 1. The van der Waals surface area contributed by atoms with Gasteiger partial charge in [-0.15, -0.1) is 0 Å². The third-order valence-electron chi connectivity index (χ3n) is 2.80. The standard InChI is InChI=1S/C12H12F2N2O/c1-8-7-17-3-2-16(8)12-10(13)4-9(6-15)5-11(12)14/h4-5,8H,2-3,7H2,1H3. The number of morpholine rings is 1. The second-order valence-electron chi connectivity index (χ2n) is 4.02. The van der Waals surface area contributed by atoms with E-state index in [2.05, 4.69) is 0 Å². The van der Waals surface area contributed by atoms with Crippen LogP contribution in [-0.2, 0) is 4.74 Å². The van der Waals surface area contributed by atoms with Crippen LogP contribution in [0.15, 0.2) is 12.1 Å². The number of nitrogens with zero attached hydrogens (tertiary/aromatic N) is 2. The molecular weight excluding hydrogens is 226 g/mol. The van der Waals surface area contributed by atoms with E-state index in [1.54, 1.807) is 11.0 Å². The summed E-state index contributed by atoms with van der Waals surface area (Å²) in [6.07, 6.45) is 0. The molecule has 0 N–H and O–H groups in total. The molecule has 5 heteroatoms. The summed E-state index contributed by atoms with van der Waals surface area (Å²) in [5.41, 5.74) is -0.0792. The maximum atomic E-state index is 13.8. The molecule has 0 spiro atoms. The molecule has 1 aromatic carbocycles. The Morgan fingerprint density at radius 2 is 2.06 bits per heavy atom. The molecule has 3 nitrogen and oxygen atoms in total. The molecular formula is C12H12F2N2O. The molecule has 1 aliphatic rings. The van der Waals surface area contributed by atoms with E-state index in [-0.39, 0.29) is 17.3 Å². The molecule has 1 aliphatic heterocycles. The number of halogens is 2. The molecule has 0 saturated carbocycles. The lowest BCUT2D eigenvalue weighted by Gasteiger charge is -2.35. The van der Waals surface area contributed by atoms with Crippen LogP contribution >= 0.6 is 0 Å². The first kappa shape index (κ1) is 11.8. The number of benzene rings is 1. The van der Waals surface area contributed by atoms with Crippen LogP contribution in [0.3, 0.4) is 0 Å². The second-order valence-corrected chi connectivity index (χ2v) is 4.02. The summed E-state index contributed by atoms with van der Waals surface area (Å²) in [7, 11) is 0. The van der Waals surface area contributed by atoms with Gasteiger partial charge < -0.3 is 9.64 Å². The lowest BCUT2D eigenvalue weighted by Crippen LogP contribution is -2.44. The maximum absolute atomic E-state index is 13.8. The largest absolute Gasteiger partial charge is 0.377 e. The highest BCUT2D eigenvalue weighted by Gasteiger charge is 2.25. The molecule has 0 aromatic heterocycles. The molecule has 90 valence electrons. The Hall–Kier alpha value is -1.67. The van der Waals surface area contributed by atoms with Crippen molar-refractivity contribution >= 4 is 5.69 Å². The van der Waals surface area contributed by atoms with Crippen molar-refractivity contribution in [2.24, 2.45) is 0 Å². The highest BCUT2D eigenvalue weighted by atomic mass is 19.1. The molecule has 0 amide bonds. The van der Waals surface area contributed by atoms with Crippen molar-refractivity contribution in [2.75, 3.05) is 24.7 Å². The second kappa shape index (κ2) is 4.68. The van der Waals surface area contributed by atoms with E-state index < -0.39 is 11.6 Å². The van der Waals surface area contributed by atoms with Gasteiger partial charge in [0.2, 0.25) is 0 Å². The number of nitriles is 1. The van der Waals surface area contributed by atoms with Gasteiger partial charge in [-0.2, -0.15) is 5.26 Å². The summed E-state index contributed by atoms with van der Waals surface area (Å²) < 4.78 is 32.8. The average molecular weight is 238 g/mol. The zero-order chi connectivity index (χ0) is 12.4. The minimum Gasteiger partial charge on any atom is -0.377 e. The van der Waals surface area contributed by atoms with E-state index in [0.29, 0.717) is 19.8 Å². The van der Waals surface area contributed by atoms with Crippen LogP contribution in [0.4, 0.5) is 14.5 Å². The van der Waals surface area contributed by atoms with Gasteiger partial charge in [0.25, 0.3) is 0 Å². The number of ether oxygens (including phenoxy) is 1. The predicted molar refractivity (Wildman–Crippen MR) is 58.7 cm³/mol. The first-order valence-electron chi connectivity index (χ1n) is 5.37. The van der Waals surface area contributed by atoms with Crippen molar-refractivity contribution in [3.63, 3.8) is 0 Å². The van der Waals surface area contributed by atoms with Gasteiger partial charge in [-0.25, -0.2) is 8.78 Å². The summed E-state index contributed by atoms with van der Waals surface area (Å²) in [5.74, 6) is -1.40. The quantitative estimate of drug-likeness (QED) is 0.751. The van der Waals surface area contributed by atoms with E-state index in [4.69, 9.17) is 10.00 Å². The average Bonchev–Trinajstić information content (AvgIpc) is 2.30. The van der Waals surface area contributed by atoms with E-state index in [1.807, 2.05) is 6.92 Å². The van der Waals surface area contributed by atoms with Gasteiger partial charge in [0, 0.05) is 12.6 Å². The Bertz CT molecular complexity index is 447. The Balaban J connectivity index is 2.41. The Labute approximate surface area is 98.2 Å². The molecule has 0 aliphatic carbocycles. The molecule has 2 rings (SSSR count).